The molecule has 8 nitrogen and oxygen atoms in total. The van der Waals surface area contributed by atoms with E-state index in [0.717, 1.165) is 24.4 Å². The SMILES string of the molecule is C=CC(=O)OC(C)OC(=O)C(C)C(=O)Oc1ccc(/C=N/N=C/c2cc(F)c(F)c(F)c2)cc1. The topological polar surface area (TPSA) is 104 Å². The van der Waals surface area contributed by atoms with Crippen LogP contribution in [0.5, 0.6) is 5.75 Å². The van der Waals surface area contributed by atoms with E-state index in [0.29, 0.717) is 5.56 Å². The molecule has 0 radical (unpaired) electrons. The van der Waals surface area contributed by atoms with E-state index in [1.807, 2.05) is 0 Å². The van der Waals surface area contributed by atoms with Gasteiger partial charge >= 0.3 is 17.9 Å². The van der Waals surface area contributed by atoms with Crippen LogP contribution in [0.25, 0.3) is 0 Å². The van der Waals surface area contributed by atoms with Gasteiger partial charge in [0.1, 0.15) is 5.75 Å². The van der Waals surface area contributed by atoms with E-state index < -0.39 is 47.6 Å². The highest BCUT2D eigenvalue weighted by Gasteiger charge is 2.27. The van der Waals surface area contributed by atoms with E-state index in [4.69, 9.17) is 9.47 Å². The second-order valence-corrected chi connectivity index (χ2v) is 6.65. The number of rotatable bonds is 9. The van der Waals surface area contributed by atoms with E-state index in [9.17, 15) is 27.6 Å². The summed E-state index contributed by atoms with van der Waals surface area (Å²) in [6, 6.07) is 7.45. The first kappa shape index (κ1) is 26.0. The molecule has 0 fully saturated rings. The van der Waals surface area contributed by atoms with Crippen LogP contribution >= 0.6 is 0 Å². The maximum absolute atomic E-state index is 13.2. The Kier molecular flexibility index (Phi) is 9.24. The van der Waals surface area contributed by atoms with Crippen molar-refractivity contribution in [3.8, 4) is 5.75 Å². The van der Waals surface area contributed by atoms with Gasteiger partial charge < -0.3 is 14.2 Å². The van der Waals surface area contributed by atoms with Gasteiger partial charge in [-0.05, 0) is 48.9 Å². The van der Waals surface area contributed by atoms with Gasteiger partial charge in [0, 0.05) is 18.6 Å². The molecule has 0 aliphatic heterocycles. The number of esters is 3. The van der Waals surface area contributed by atoms with Gasteiger partial charge in [0.05, 0.1) is 12.4 Å². The number of carbonyl (C=O) groups is 3. The highest BCUT2D eigenvalue weighted by Crippen LogP contribution is 2.15. The van der Waals surface area contributed by atoms with Crippen LogP contribution in [0.15, 0.2) is 59.3 Å². The van der Waals surface area contributed by atoms with Crippen LogP contribution in [0.1, 0.15) is 25.0 Å². The first-order chi connectivity index (χ1) is 16.1. The Morgan fingerprint density at radius 3 is 2.00 bits per heavy atom. The zero-order valence-corrected chi connectivity index (χ0v) is 18.0. The van der Waals surface area contributed by atoms with Crippen molar-refractivity contribution in [2.75, 3.05) is 0 Å². The van der Waals surface area contributed by atoms with Crippen LogP contribution in [0.3, 0.4) is 0 Å². The molecular formula is C23H19F3N2O6. The lowest BCUT2D eigenvalue weighted by Gasteiger charge is -2.15. The minimum absolute atomic E-state index is 0.0169. The molecule has 11 heteroatoms. The van der Waals surface area contributed by atoms with Crippen molar-refractivity contribution in [1.82, 2.24) is 0 Å². The quantitative estimate of drug-likeness (QED) is 0.0799. The zero-order chi connectivity index (χ0) is 25.3. The highest BCUT2D eigenvalue weighted by atomic mass is 19.2. The third-order valence-corrected chi connectivity index (χ3v) is 4.02. The Labute approximate surface area is 192 Å². The summed E-state index contributed by atoms with van der Waals surface area (Å²) < 4.78 is 53.9. The fourth-order valence-corrected chi connectivity index (χ4v) is 2.27. The fourth-order valence-electron chi connectivity index (χ4n) is 2.27. The third-order valence-electron chi connectivity index (χ3n) is 4.02. The molecule has 2 unspecified atom stereocenters. The van der Waals surface area contributed by atoms with Crippen LogP contribution in [0, 0.1) is 23.4 Å². The van der Waals surface area contributed by atoms with Crippen LogP contribution in [-0.4, -0.2) is 36.6 Å². The molecule has 0 N–H and O–H groups in total. The maximum atomic E-state index is 13.2. The summed E-state index contributed by atoms with van der Waals surface area (Å²) in [6.45, 7) is 5.78. The molecule has 0 aliphatic carbocycles. The van der Waals surface area contributed by atoms with Gasteiger partial charge in [-0.25, -0.2) is 18.0 Å². The smallest absolute Gasteiger partial charge is 0.333 e. The van der Waals surface area contributed by atoms with Crippen molar-refractivity contribution in [1.29, 1.82) is 0 Å². The van der Waals surface area contributed by atoms with Crippen LogP contribution < -0.4 is 4.74 Å². The summed E-state index contributed by atoms with van der Waals surface area (Å²) >= 11 is 0. The van der Waals surface area contributed by atoms with Gasteiger partial charge in [-0.1, -0.05) is 6.58 Å². The Morgan fingerprint density at radius 1 is 0.882 bits per heavy atom. The predicted molar refractivity (Wildman–Crippen MR) is 115 cm³/mol. The van der Waals surface area contributed by atoms with Crippen LogP contribution in [0.2, 0.25) is 0 Å². The summed E-state index contributed by atoms with van der Waals surface area (Å²) in [5, 5.41) is 7.33. The van der Waals surface area contributed by atoms with E-state index in [1.54, 1.807) is 0 Å². The minimum Gasteiger partial charge on any atom is -0.426 e. The number of nitrogens with zero attached hydrogens (tertiary/aromatic N) is 2. The van der Waals surface area contributed by atoms with Gasteiger partial charge in [0.15, 0.2) is 23.4 Å². The molecule has 0 aromatic heterocycles. The van der Waals surface area contributed by atoms with Crippen molar-refractivity contribution in [3.63, 3.8) is 0 Å². The second-order valence-electron chi connectivity index (χ2n) is 6.65. The predicted octanol–water partition coefficient (Wildman–Crippen LogP) is 3.72. The van der Waals surface area contributed by atoms with Gasteiger partial charge in [0.25, 0.3) is 0 Å². The van der Waals surface area contributed by atoms with Crippen LogP contribution in [-0.2, 0) is 23.9 Å². The summed E-state index contributed by atoms with van der Waals surface area (Å²) in [5.41, 5.74) is 0.524. The van der Waals surface area contributed by atoms with Crippen molar-refractivity contribution in [2.24, 2.45) is 16.1 Å². The molecule has 2 aromatic carbocycles. The van der Waals surface area contributed by atoms with Crippen molar-refractivity contribution < 1.29 is 41.8 Å². The molecule has 0 amide bonds. The molecule has 2 aromatic rings. The fraction of sp³-hybridized carbons (Fsp3) is 0.174. The molecule has 0 heterocycles. The van der Waals surface area contributed by atoms with E-state index >= 15 is 0 Å². The van der Waals surface area contributed by atoms with E-state index in [1.165, 1.54) is 44.3 Å². The number of ether oxygens (including phenoxy) is 3. The van der Waals surface area contributed by atoms with Gasteiger partial charge in [0.2, 0.25) is 6.29 Å². The monoisotopic (exact) mass is 476 g/mol. The molecule has 34 heavy (non-hydrogen) atoms. The number of hydrogen-bond acceptors (Lipinski definition) is 8. The van der Waals surface area contributed by atoms with E-state index in [-0.39, 0.29) is 11.3 Å². The molecule has 2 atom stereocenters. The lowest BCUT2D eigenvalue weighted by Crippen LogP contribution is -2.31. The van der Waals surface area contributed by atoms with Gasteiger partial charge in [-0.15, -0.1) is 0 Å². The molecule has 0 bridgehead atoms. The second kappa shape index (κ2) is 12.1. The van der Waals surface area contributed by atoms with Crippen LogP contribution in [0.4, 0.5) is 13.2 Å². The Bertz CT molecular complexity index is 1110. The zero-order valence-electron chi connectivity index (χ0n) is 18.0. The molecule has 2 rings (SSSR count). The van der Waals surface area contributed by atoms with Crippen molar-refractivity contribution >= 4 is 30.3 Å². The average Bonchev–Trinajstić information content (AvgIpc) is 2.80. The van der Waals surface area contributed by atoms with Crippen molar-refractivity contribution in [2.45, 2.75) is 20.1 Å². The summed E-state index contributed by atoms with van der Waals surface area (Å²) in [5.74, 6) is -8.05. The summed E-state index contributed by atoms with van der Waals surface area (Å²) in [4.78, 5) is 35.2. The molecule has 0 aliphatic rings. The lowest BCUT2D eigenvalue weighted by atomic mass is 10.2. The first-order valence-electron chi connectivity index (χ1n) is 9.67. The number of carbonyl (C=O) groups excluding carboxylic acids is 3. The summed E-state index contributed by atoms with van der Waals surface area (Å²) in [6.07, 6.45) is 2.04. The maximum Gasteiger partial charge on any atom is 0.333 e. The van der Waals surface area contributed by atoms with Gasteiger partial charge in [-0.3, -0.25) is 9.59 Å². The Hall–Kier alpha value is -4.28. The standard InChI is InChI=1S/C23H19F3N2O6/c1-4-20(29)32-14(3)33-22(30)13(2)23(31)34-17-7-5-15(6-8-17)11-27-28-12-16-9-18(24)21(26)19(25)10-16/h4-14H,1H2,2-3H3/b27-11+,28-12+. The Morgan fingerprint density at radius 2 is 1.44 bits per heavy atom. The van der Waals surface area contributed by atoms with E-state index in [2.05, 4.69) is 21.5 Å². The Balaban J connectivity index is 1.90. The largest absolute Gasteiger partial charge is 0.426 e. The van der Waals surface area contributed by atoms with Gasteiger partial charge in [-0.2, -0.15) is 10.2 Å². The third kappa shape index (κ3) is 7.69. The molecule has 178 valence electrons. The number of hydrogen-bond donors (Lipinski definition) is 0. The summed E-state index contributed by atoms with van der Waals surface area (Å²) in [7, 11) is 0. The normalized spacial score (nSPS) is 12.9. The highest BCUT2D eigenvalue weighted by molar-refractivity contribution is 5.95. The molecule has 0 saturated heterocycles. The molecule has 0 spiro atoms. The number of halogens is 3. The molecule has 0 saturated carbocycles. The average molecular weight is 476 g/mol. The first-order valence-corrected chi connectivity index (χ1v) is 9.67. The van der Waals surface area contributed by atoms with Crippen molar-refractivity contribution in [3.05, 3.63) is 77.6 Å². The number of benzene rings is 2. The lowest BCUT2D eigenvalue weighted by molar-refractivity contribution is -0.185. The molecular weight excluding hydrogens is 457 g/mol. The minimum atomic E-state index is -1.57.